The standard InChI is InChI=1S/C16H21NO4/c1-2-3-4-5-6-7-10-20-12-8-9-13-14(11-12)21-16(19)17-15(13)18/h8-9,11H,2-7,10H2,1H3,(H,17,18,19). The maximum Gasteiger partial charge on any atom is 0.419 e. The van der Waals surface area contributed by atoms with Crippen LogP contribution >= 0.6 is 0 Å². The van der Waals surface area contributed by atoms with Crippen molar-refractivity contribution < 1.29 is 9.15 Å². The van der Waals surface area contributed by atoms with Gasteiger partial charge in [0.05, 0.1) is 12.0 Å². The van der Waals surface area contributed by atoms with Crippen molar-refractivity contribution in [2.45, 2.75) is 45.4 Å². The third-order valence-corrected chi connectivity index (χ3v) is 3.38. The Bertz CT molecular complexity index is 686. The number of H-pyrrole nitrogens is 1. The summed E-state index contributed by atoms with van der Waals surface area (Å²) in [5.41, 5.74) is -0.187. The van der Waals surface area contributed by atoms with E-state index in [4.69, 9.17) is 9.15 Å². The Labute approximate surface area is 122 Å². The molecule has 2 aromatic rings. The van der Waals surface area contributed by atoms with E-state index >= 15 is 0 Å². The maximum atomic E-state index is 11.5. The second-order valence-electron chi connectivity index (χ2n) is 5.12. The highest BCUT2D eigenvalue weighted by molar-refractivity contribution is 5.76. The number of nitrogens with one attached hydrogen (secondary N) is 1. The number of ether oxygens (including phenoxy) is 1. The van der Waals surface area contributed by atoms with Crippen molar-refractivity contribution in [3.63, 3.8) is 0 Å². The van der Waals surface area contributed by atoms with Gasteiger partial charge in [0.15, 0.2) is 0 Å². The number of unbranched alkanes of at least 4 members (excludes halogenated alkanes) is 5. The van der Waals surface area contributed by atoms with Crippen molar-refractivity contribution >= 4 is 11.0 Å². The summed E-state index contributed by atoms with van der Waals surface area (Å²) in [4.78, 5) is 24.8. The zero-order valence-corrected chi connectivity index (χ0v) is 12.3. The van der Waals surface area contributed by atoms with Gasteiger partial charge < -0.3 is 9.15 Å². The van der Waals surface area contributed by atoms with Crippen LogP contribution in [0.2, 0.25) is 0 Å². The van der Waals surface area contributed by atoms with Crippen molar-refractivity contribution in [2.75, 3.05) is 6.61 Å². The fraction of sp³-hybridized carbons (Fsp3) is 0.500. The Hall–Kier alpha value is -2.04. The summed E-state index contributed by atoms with van der Waals surface area (Å²) < 4.78 is 10.6. The second kappa shape index (κ2) is 7.67. The molecule has 0 saturated heterocycles. The molecule has 1 N–H and O–H groups in total. The molecule has 21 heavy (non-hydrogen) atoms. The largest absolute Gasteiger partial charge is 0.493 e. The van der Waals surface area contributed by atoms with E-state index < -0.39 is 11.3 Å². The minimum Gasteiger partial charge on any atom is -0.493 e. The van der Waals surface area contributed by atoms with Crippen molar-refractivity contribution in [1.29, 1.82) is 0 Å². The molecule has 0 aliphatic rings. The fourth-order valence-electron chi connectivity index (χ4n) is 2.22. The molecule has 1 aromatic carbocycles. The van der Waals surface area contributed by atoms with E-state index in [-0.39, 0.29) is 5.58 Å². The van der Waals surface area contributed by atoms with Crippen LogP contribution in [0.5, 0.6) is 5.75 Å². The Morgan fingerprint density at radius 2 is 1.86 bits per heavy atom. The molecule has 2 rings (SSSR count). The quantitative estimate of drug-likeness (QED) is 0.758. The van der Waals surface area contributed by atoms with Crippen molar-refractivity contribution in [3.05, 3.63) is 39.1 Å². The third-order valence-electron chi connectivity index (χ3n) is 3.38. The van der Waals surface area contributed by atoms with Crippen LogP contribution in [0.25, 0.3) is 11.0 Å². The van der Waals surface area contributed by atoms with Gasteiger partial charge in [-0.1, -0.05) is 39.0 Å². The van der Waals surface area contributed by atoms with Crippen LogP contribution in [0, 0.1) is 0 Å². The predicted octanol–water partition coefficient (Wildman–Crippen LogP) is 3.22. The average molecular weight is 291 g/mol. The van der Waals surface area contributed by atoms with Crippen molar-refractivity contribution in [1.82, 2.24) is 4.98 Å². The summed E-state index contributed by atoms with van der Waals surface area (Å²) in [6.07, 6.45) is 7.21. The first-order valence-corrected chi connectivity index (χ1v) is 7.50. The Kier molecular flexibility index (Phi) is 5.60. The molecule has 0 radical (unpaired) electrons. The predicted molar refractivity (Wildman–Crippen MR) is 82.0 cm³/mol. The second-order valence-corrected chi connectivity index (χ2v) is 5.12. The highest BCUT2D eigenvalue weighted by Gasteiger charge is 2.04. The van der Waals surface area contributed by atoms with E-state index in [1.165, 1.54) is 25.7 Å². The van der Waals surface area contributed by atoms with Gasteiger partial charge in [0.2, 0.25) is 0 Å². The lowest BCUT2D eigenvalue weighted by Gasteiger charge is -2.06. The Morgan fingerprint density at radius 1 is 1.10 bits per heavy atom. The van der Waals surface area contributed by atoms with Gasteiger partial charge in [0, 0.05) is 6.07 Å². The van der Waals surface area contributed by atoms with Crippen LogP contribution in [0.15, 0.2) is 32.2 Å². The first kappa shape index (κ1) is 15.4. The maximum absolute atomic E-state index is 11.5. The summed E-state index contributed by atoms with van der Waals surface area (Å²) in [6.45, 7) is 2.83. The van der Waals surface area contributed by atoms with Crippen LogP contribution in [0.1, 0.15) is 45.4 Å². The van der Waals surface area contributed by atoms with Gasteiger partial charge in [-0.3, -0.25) is 9.78 Å². The molecule has 0 spiro atoms. The first-order valence-electron chi connectivity index (χ1n) is 7.50. The molecule has 0 atom stereocenters. The molecule has 0 aliphatic carbocycles. The third kappa shape index (κ3) is 4.48. The van der Waals surface area contributed by atoms with Crippen LogP contribution in [-0.2, 0) is 0 Å². The lowest BCUT2D eigenvalue weighted by molar-refractivity contribution is 0.304. The molecule has 0 fully saturated rings. The lowest BCUT2D eigenvalue weighted by atomic mass is 10.1. The SMILES string of the molecule is CCCCCCCCOc1ccc2c(=O)[nH]c(=O)oc2c1. The molecule has 5 nitrogen and oxygen atoms in total. The highest BCUT2D eigenvalue weighted by atomic mass is 16.5. The molecule has 1 aromatic heterocycles. The molecule has 1 heterocycles. The molecular weight excluding hydrogens is 270 g/mol. The van der Waals surface area contributed by atoms with Gasteiger partial charge in [-0.05, 0) is 18.6 Å². The summed E-state index contributed by atoms with van der Waals surface area (Å²) in [5.74, 6) is -0.134. The molecule has 114 valence electrons. The molecule has 0 unspecified atom stereocenters. The molecule has 0 amide bonds. The smallest absolute Gasteiger partial charge is 0.419 e. The molecular formula is C16H21NO4. The minimum absolute atomic E-state index is 0.254. The highest BCUT2D eigenvalue weighted by Crippen LogP contribution is 2.17. The summed E-state index contributed by atoms with van der Waals surface area (Å²) in [7, 11) is 0. The van der Waals surface area contributed by atoms with E-state index in [2.05, 4.69) is 11.9 Å². The summed E-state index contributed by atoms with van der Waals surface area (Å²) in [6, 6.07) is 4.91. The van der Waals surface area contributed by atoms with Crippen LogP contribution in [0.3, 0.4) is 0 Å². The van der Waals surface area contributed by atoms with Gasteiger partial charge in [-0.15, -0.1) is 0 Å². The van der Waals surface area contributed by atoms with E-state index in [1.54, 1.807) is 18.2 Å². The average Bonchev–Trinajstić information content (AvgIpc) is 2.45. The number of rotatable bonds is 8. The zero-order chi connectivity index (χ0) is 15.1. The van der Waals surface area contributed by atoms with Gasteiger partial charge in [0.1, 0.15) is 11.3 Å². The number of hydrogen-bond donors (Lipinski definition) is 1. The van der Waals surface area contributed by atoms with Gasteiger partial charge in [0.25, 0.3) is 5.56 Å². The van der Waals surface area contributed by atoms with Crippen LogP contribution in [0.4, 0.5) is 0 Å². The van der Waals surface area contributed by atoms with Crippen LogP contribution in [-0.4, -0.2) is 11.6 Å². The van der Waals surface area contributed by atoms with Crippen LogP contribution < -0.4 is 16.1 Å². The Balaban J connectivity index is 1.88. The number of hydrogen-bond acceptors (Lipinski definition) is 4. The van der Waals surface area contributed by atoms with E-state index in [0.717, 1.165) is 12.8 Å². The number of benzene rings is 1. The monoisotopic (exact) mass is 291 g/mol. The van der Waals surface area contributed by atoms with E-state index in [0.29, 0.717) is 17.7 Å². The normalized spacial score (nSPS) is 10.9. The lowest BCUT2D eigenvalue weighted by Crippen LogP contribution is -2.17. The minimum atomic E-state index is -0.749. The first-order chi connectivity index (χ1) is 10.2. The van der Waals surface area contributed by atoms with Crippen molar-refractivity contribution in [3.8, 4) is 5.75 Å². The number of fused-ring (bicyclic) bond motifs is 1. The summed E-state index contributed by atoms with van der Waals surface area (Å²) in [5, 5.41) is 0.349. The van der Waals surface area contributed by atoms with Gasteiger partial charge >= 0.3 is 5.76 Å². The van der Waals surface area contributed by atoms with Gasteiger partial charge in [-0.2, -0.15) is 0 Å². The summed E-state index contributed by atoms with van der Waals surface area (Å²) >= 11 is 0. The van der Waals surface area contributed by atoms with E-state index in [1.807, 2.05) is 0 Å². The van der Waals surface area contributed by atoms with Gasteiger partial charge in [-0.25, -0.2) is 4.79 Å². The number of aromatic nitrogens is 1. The molecule has 5 heteroatoms. The molecule has 0 aliphatic heterocycles. The Morgan fingerprint density at radius 3 is 2.67 bits per heavy atom. The van der Waals surface area contributed by atoms with Crippen molar-refractivity contribution in [2.24, 2.45) is 0 Å². The zero-order valence-electron chi connectivity index (χ0n) is 12.3. The number of aromatic amines is 1. The molecule has 0 bridgehead atoms. The van der Waals surface area contributed by atoms with E-state index in [9.17, 15) is 9.59 Å². The molecule has 0 saturated carbocycles. The fourth-order valence-corrected chi connectivity index (χ4v) is 2.22. The topological polar surface area (TPSA) is 72.3 Å².